The van der Waals surface area contributed by atoms with E-state index in [2.05, 4.69) is 15.9 Å². The molecule has 1 aliphatic carbocycles. The molecule has 1 heterocycles. The zero-order chi connectivity index (χ0) is 11.4. The predicted molar refractivity (Wildman–Crippen MR) is 63.0 cm³/mol. The number of benzene rings is 1. The lowest BCUT2D eigenvalue weighted by Gasteiger charge is -2.18. The average Bonchev–Trinajstić information content (AvgIpc) is 2.98. The SMILES string of the molecule is Cc1ccc(Br)c(N2C(=O)C3CC3C2=O)c1. The molecule has 0 spiro atoms. The highest BCUT2D eigenvalue weighted by Gasteiger charge is 2.59. The van der Waals surface area contributed by atoms with Crippen LogP contribution in [0.15, 0.2) is 22.7 Å². The van der Waals surface area contributed by atoms with E-state index in [-0.39, 0.29) is 23.7 Å². The van der Waals surface area contributed by atoms with Gasteiger partial charge in [-0.05, 0) is 47.0 Å². The second-order valence-electron chi connectivity index (χ2n) is 4.42. The van der Waals surface area contributed by atoms with E-state index >= 15 is 0 Å². The van der Waals surface area contributed by atoms with Gasteiger partial charge in [0.2, 0.25) is 11.8 Å². The Morgan fingerprint density at radius 3 is 2.50 bits per heavy atom. The summed E-state index contributed by atoms with van der Waals surface area (Å²) >= 11 is 3.38. The summed E-state index contributed by atoms with van der Waals surface area (Å²) in [6, 6.07) is 5.68. The van der Waals surface area contributed by atoms with Gasteiger partial charge in [0.05, 0.1) is 17.5 Å². The summed E-state index contributed by atoms with van der Waals surface area (Å²) in [5.41, 5.74) is 1.72. The summed E-state index contributed by atoms with van der Waals surface area (Å²) in [7, 11) is 0. The first-order chi connectivity index (χ1) is 7.59. The van der Waals surface area contributed by atoms with Gasteiger partial charge < -0.3 is 0 Å². The van der Waals surface area contributed by atoms with Gasteiger partial charge in [-0.1, -0.05) is 6.07 Å². The molecule has 2 atom stereocenters. The minimum Gasteiger partial charge on any atom is -0.274 e. The summed E-state index contributed by atoms with van der Waals surface area (Å²) in [4.78, 5) is 25.1. The van der Waals surface area contributed by atoms with Gasteiger partial charge in [-0.2, -0.15) is 0 Å². The number of aryl methyl sites for hydroxylation is 1. The van der Waals surface area contributed by atoms with Crippen molar-refractivity contribution < 1.29 is 9.59 Å². The fourth-order valence-electron chi connectivity index (χ4n) is 2.21. The molecule has 2 amide bonds. The smallest absolute Gasteiger partial charge is 0.237 e. The van der Waals surface area contributed by atoms with Crippen LogP contribution in [-0.4, -0.2) is 11.8 Å². The lowest BCUT2D eigenvalue weighted by molar-refractivity contribution is -0.123. The van der Waals surface area contributed by atoms with Crippen LogP contribution in [0.3, 0.4) is 0 Å². The number of piperidine rings is 1. The Morgan fingerprint density at radius 2 is 1.88 bits per heavy atom. The van der Waals surface area contributed by atoms with Gasteiger partial charge in [-0.15, -0.1) is 0 Å². The van der Waals surface area contributed by atoms with Gasteiger partial charge in [0.15, 0.2) is 0 Å². The maximum absolute atomic E-state index is 11.9. The molecule has 3 rings (SSSR count). The van der Waals surface area contributed by atoms with Crippen molar-refractivity contribution in [1.82, 2.24) is 0 Å². The highest BCUT2D eigenvalue weighted by Crippen LogP contribution is 2.49. The summed E-state index contributed by atoms with van der Waals surface area (Å²) in [6.07, 6.45) is 0.748. The summed E-state index contributed by atoms with van der Waals surface area (Å²) in [5, 5.41) is 0. The first kappa shape index (κ1) is 10.0. The van der Waals surface area contributed by atoms with Gasteiger partial charge in [0.1, 0.15) is 0 Å². The molecule has 3 nitrogen and oxygen atoms in total. The second-order valence-corrected chi connectivity index (χ2v) is 5.27. The molecule has 82 valence electrons. The number of nitrogens with zero attached hydrogens (tertiary/aromatic N) is 1. The summed E-state index contributed by atoms with van der Waals surface area (Å²) < 4.78 is 0.793. The van der Waals surface area contributed by atoms with Gasteiger partial charge in [-0.25, -0.2) is 4.90 Å². The van der Waals surface area contributed by atoms with Crippen molar-refractivity contribution in [3.63, 3.8) is 0 Å². The predicted octanol–water partition coefficient (Wildman–Crippen LogP) is 2.27. The zero-order valence-electron chi connectivity index (χ0n) is 8.74. The standard InChI is InChI=1S/C12H10BrNO2/c1-6-2-3-9(13)10(4-6)14-11(15)7-5-8(7)12(14)16/h2-4,7-8H,5H2,1H3. The van der Waals surface area contributed by atoms with E-state index in [1.165, 1.54) is 4.90 Å². The molecule has 0 radical (unpaired) electrons. The number of hydrogen-bond acceptors (Lipinski definition) is 2. The number of anilines is 1. The number of imide groups is 1. The fraction of sp³-hybridized carbons (Fsp3) is 0.333. The second kappa shape index (κ2) is 3.17. The molecule has 1 aliphatic heterocycles. The molecular weight excluding hydrogens is 270 g/mol. The van der Waals surface area contributed by atoms with E-state index < -0.39 is 0 Å². The minimum absolute atomic E-state index is 0.0405. The minimum atomic E-state index is -0.0417. The number of fused-ring (bicyclic) bond motifs is 1. The van der Waals surface area contributed by atoms with E-state index in [1.54, 1.807) is 0 Å². The van der Waals surface area contributed by atoms with Crippen LogP contribution in [0.4, 0.5) is 5.69 Å². The molecule has 1 aromatic rings. The summed E-state index contributed by atoms with van der Waals surface area (Å²) in [6.45, 7) is 1.95. The highest BCUT2D eigenvalue weighted by atomic mass is 79.9. The van der Waals surface area contributed by atoms with Crippen molar-refractivity contribution in [2.75, 3.05) is 4.90 Å². The maximum Gasteiger partial charge on any atom is 0.237 e. The number of amides is 2. The Kier molecular flexibility index (Phi) is 1.98. The average molecular weight is 280 g/mol. The number of carbonyl (C=O) groups excluding carboxylic acids is 2. The molecule has 4 heteroatoms. The van der Waals surface area contributed by atoms with E-state index in [0.29, 0.717) is 5.69 Å². The molecule has 1 saturated heterocycles. The molecular formula is C12H10BrNO2. The molecule has 2 aliphatic rings. The Hall–Kier alpha value is -1.16. The Labute approximate surface area is 102 Å². The lowest BCUT2D eigenvalue weighted by atomic mass is 10.2. The van der Waals surface area contributed by atoms with Gasteiger partial charge >= 0.3 is 0 Å². The Balaban J connectivity index is 2.07. The largest absolute Gasteiger partial charge is 0.274 e. The van der Waals surface area contributed by atoms with Crippen LogP contribution < -0.4 is 4.90 Å². The van der Waals surface area contributed by atoms with Gasteiger partial charge in [-0.3, -0.25) is 9.59 Å². The molecule has 0 N–H and O–H groups in total. The Morgan fingerprint density at radius 1 is 1.25 bits per heavy atom. The van der Waals surface area contributed by atoms with Crippen LogP contribution in [0.2, 0.25) is 0 Å². The molecule has 1 aromatic carbocycles. The van der Waals surface area contributed by atoms with E-state index in [4.69, 9.17) is 0 Å². The van der Waals surface area contributed by atoms with Crippen LogP contribution in [-0.2, 0) is 9.59 Å². The first-order valence-corrected chi connectivity index (χ1v) is 6.03. The monoisotopic (exact) mass is 279 g/mol. The van der Waals surface area contributed by atoms with Crippen molar-refractivity contribution in [1.29, 1.82) is 0 Å². The molecule has 16 heavy (non-hydrogen) atoms. The Bertz CT molecular complexity index is 492. The molecule has 2 fully saturated rings. The topological polar surface area (TPSA) is 37.4 Å². The first-order valence-electron chi connectivity index (χ1n) is 5.23. The van der Waals surface area contributed by atoms with Crippen LogP contribution in [0.25, 0.3) is 0 Å². The number of halogens is 1. The van der Waals surface area contributed by atoms with E-state index in [9.17, 15) is 9.59 Å². The van der Waals surface area contributed by atoms with Crippen molar-refractivity contribution in [2.45, 2.75) is 13.3 Å². The fourth-order valence-corrected chi connectivity index (χ4v) is 2.64. The number of hydrogen-bond donors (Lipinski definition) is 0. The third kappa shape index (κ3) is 1.26. The number of rotatable bonds is 1. The third-order valence-electron chi connectivity index (χ3n) is 3.21. The quantitative estimate of drug-likeness (QED) is 0.740. The lowest BCUT2D eigenvalue weighted by Crippen LogP contribution is -2.33. The number of carbonyl (C=O) groups is 2. The van der Waals surface area contributed by atoms with Crippen LogP contribution >= 0.6 is 15.9 Å². The van der Waals surface area contributed by atoms with Crippen molar-refractivity contribution in [3.05, 3.63) is 28.2 Å². The van der Waals surface area contributed by atoms with Gasteiger partial charge in [0.25, 0.3) is 0 Å². The van der Waals surface area contributed by atoms with E-state index in [0.717, 1.165) is 16.5 Å². The molecule has 2 unspecified atom stereocenters. The third-order valence-corrected chi connectivity index (χ3v) is 3.88. The highest BCUT2D eigenvalue weighted by molar-refractivity contribution is 9.10. The normalized spacial score (nSPS) is 27.2. The maximum atomic E-state index is 11.9. The van der Waals surface area contributed by atoms with E-state index in [1.807, 2.05) is 25.1 Å². The molecule has 1 saturated carbocycles. The van der Waals surface area contributed by atoms with Crippen molar-refractivity contribution in [3.8, 4) is 0 Å². The van der Waals surface area contributed by atoms with Crippen LogP contribution in [0.1, 0.15) is 12.0 Å². The zero-order valence-corrected chi connectivity index (χ0v) is 10.3. The molecule has 0 bridgehead atoms. The van der Waals surface area contributed by atoms with Crippen LogP contribution in [0.5, 0.6) is 0 Å². The van der Waals surface area contributed by atoms with Crippen molar-refractivity contribution in [2.24, 2.45) is 11.8 Å². The molecule has 0 aromatic heterocycles. The van der Waals surface area contributed by atoms with Crippen LogP contribution in [0, 0.1) is 18.8 Å². The summed E-state index contributed by atoms with van der Waals surface area (Å²) in [5.74, 6) is -0.164. The van der Waals surface area contributed by atoms with Gasteiger partial charge in [0, 0.05) is 4.47 Å². The van der Waals surface area contributed by atoms with Crippen molar-refractivity contribution >= 4 is 33.4 Å².